The zero-order chi connectivity index (χ0) is 21.2. The van der Waals surface area contributed by atoms with Gasteiger partial charge in [0, 0.05) is 28.9 Å². The number of para-hydroxylation sites is 1. The van der Waals surface area contributed by atoms with E-state index in [-0.39, 0.29) is 0 Å². The highest BCUT2D eigenvalue weighted by Crippen LogP contribution is 2.35. The number of benzene rings is 4. The Labute approximate surface area is 180 Å². The SMILES string of the molecule is CN=C(N=C(N)c1ccccc1)c1cc(-c2ccccc2)cc2oc3ccccc3c12. The summed E-state index contributed by atoms with van der Waals surface area (Å²) in [5, 5.41) is 2.02. The van der Waals surface area contributed by atoms with E-state index < -0.39 is 0 Å². The highest BCUT2D eigenvalue weighted by atomic mass is 16.3. The maximum Gasteiger partial charge on any atom is 0.157 e. The highest BCUT2D eigenvalue weighted by Gasteiger charge is 2.17. The van der Waals surface area contributed by atoms with Crippen molar-refractivity contribution < 1.29 is 4.42 Å². The molecule has 0 atom stereocenters. The van der Waals surface area contributed by atoms with Crippen LogP contribution in [-0.2, 0) is 0 Å². The zero-order valence-corrected chi connectivity index (χ0v) is 17.1. The summed E-state index contributed by atoms with van der Waals surface area (Å²) in [6, 6.07) is 32.2. The second kappa shape index (κ2) is 7.92. The van der Waals surface area contributed by atoms with Crippen molar-refractivity contribution in [3.63, 3.8) is 0 Å². The summed E-state index contributed by atoms with van der Waals surface area (Å²) >= 11 is 0. The van der Waals surface area contributed by atoms with Crippen molar-refractivity contribution in [3.8, 4) is 11.1 Å². The molecule has 4 heteroatoms. The predicted octanol–water partition coefficient (Wildman–Crippen LogP) is 6.03. The number of fused-ring (bicyclic) bond motifs is 3. The van der Waals surface area contributed by atoms with E-state index in [0.717, 1.165) is 44.2 Å². The van der Waals surface area contributed by atoms with E-state index in [1.807, 2.05) is 66.7 Å². The van der Waals surface area contributed by atoms with Gasteiger partial charge in [0.2, 0.25) is 0 Å². The molecule has 1 aromatic heterocycles. The van der Waals surface area contributed by atoms with Crippen molar-refractivity contribution in [3.05, 3.63) is 108 Å². The minimum atomic E-state index is 0.423. The summed E-state index contributed by atoms with van der Waals surface area (Å²) in [6.07, 6.45) is 0. The van der Waals surface area contributed by atoms with Crippen LogP contribution < -0.4 is 5.73 Å². The van der Waals surface area contributed by atoms with Crippen LogP contribution in [0.5, 0.6) is 0 Å². The number of rotatable bonds is 3. The number of nitrogens with zero attached hydrogens (tertiary/aromatic N) is 2. The molecule has 0 aliphatic rings. The predicted molar refractivity (Wildman–Crippen MR) is 129 cm³/mol. The first-order chi connectivity index (χ1) is 15.2. The van der Waals surface area contributed by atoms with E-state index in [1.165, 1.54) is 0 Å². The third-order valence-corrected chi connectivity index (χ3v) is 5.33. The van der Waals surface area contributed by atoms with Crippen LogP contribution in [0.15, 0.2) is 111 Å². The quantitative estimate of drug-likeness (QED) is 0.295. The number of hydrogen-bond donors (Lipinski definition) is 1. The Hall–Kier alpha value is -4.18. The maximum absolute atomic E-state index is 6.34. The van der Waals surface area contributed by atoms with Gasteiger partial charge in [0.25, 0.3) is 0 Å². The standard InChI is InChI=1S/C27H21N3O/c1-29-27(30-26(28)19-12-6-3-7-13-19)22-16-20(18-10-4-2-5-11-18)17-24-25(22)21-14-8-9-15-23(21)31-24/h2-17H,1H3,(H2,28,29,30). The summed E-state index contributed by atoms with van der Waals surface area (Å²) in [4.78, 5) is 9.21. The third kappa shape index (κ3) is 3.49. The van der Waals surface area contributed by atoms with Gasteiger partial charge in [-0.15, -0.1) is 0 Å². The second-order valence-corrected chi connectivity index (χ2v) is 7.27. The molecule has 0 aliphatic carbocycles. The van der Waals surface area contributed by atoms with Crippen LogP contribution in [0.25, 0.3) is 33.1 Å². The average molecular weight is 403 g/mol. The molecule has 31 heavy (non-hydrogen) atoms. The van der Waals surface area contributed by atoms with Gasteiger partial charge < -0.3 is 10.2 Å². The molecule has 0 saturated carbocycles. The topological polar surface area (TPSA) is 63.9 Å². The Balaban J connectivity index is 1.77. The summed E-state index contributed by atoms with van der Waals surface area (Å²) in [6.45, 7) is 0. The molecule has 0 aliphatic heterocycles. The van der Waals surface area contributed by atoms with Crippen molar-refractivity contribution >= 4 is 33.6 Å². The number of nitrogens with two attached hydrogens (primary N) is 1. The smallest absolute Gasteiger partial charge is 0.157 e. The summed E-state index contributed by atoms with van der Waals surface area (Å²) in [5.74, 6) is 0.989. The largest absolute Gasteiger partial charge is 0.456 e. The lowest BCUT2D eigenvalue weighted by Crippen LogP contribution is -2.16. The van der Waals surface area contributed by atoms with E-state index in [2.05, 4.69) is 35.3 Å². The fourth-order valence-electron chi connectivity index (χ4n) is 3.85. The third-order valence-electron chi connectivity index (χ3n) is 5.33. The van der Waals surface area contributed by atoms with Crippen LogP contribution in [-0.4, -0.2) is 18.7 Å². The molecule has 4 nitrogen and oxygen atoms in total. The Kier molecular flexibility index (Phi) is 4.81. The number of furan rings is 1. The fourth-order valence-corrected chi connectivity index (χ4v) is 3.85. The molecule has 0 amide bonds. The van der Waals surface area contributed by atoms with Gasteiger partial charge in [-0.25, -0.2) is 4.99 Å². The lowest BCUT2D eigenvalue weighted by Gasteiger charge is -2.09. The number of aliphatic imine (C=N–C) groups is 2. The van der Waals surface area contributed by atoms with Gasteiger partial charge >= 0.3 is 0 Å². The van der Waals surface area contributed by atoms with Crippen LogP contribution in [0.2, 0.25) is 0 Å². The minimum Gasteiger partial charge on any atom is -0.456 e. The van der Waals surface area contributed by atoms with E-state index in [0.29, 0.717) is 11.7 Å². The highest BCUT2D eigenvalue weighted by molar-refractivity contribution is 6.21. The molecule has 150 valence electrons. The minimum absolute atomic E-state index is 0.423. The molecule has 0 radical (unpaired) electrons. The molecule has 4 aromatic carbocycles. The Morgan fingerprint density at radius 2 is 1.42 bits per heavy atom. The van der Waals surface area contributed by atoms with E-state index >= 15 is 0 Å². The molecule has 5 rings (SSSR count). The van der Waals surface area contributed by atoms with E-state index in [4.69, 9.17) is 15.1 Å². The van der Waals surface area contributed by atoms with E-state index in [1.54, 1.807) is 7.05 Å². The molecule has 0 saturated heterocycles. The van der Waals surface area contributed by atoms with E-state index in [9.17, 15) is 0 Å². The van der Waals surface area contributed by atoms with Gasteiger partial charge in [0.05, 0.1) is 0 Å². The van der Waals surface area contributed by atoms with Crippen LogP contribution in [0.4, 0.5) is 0 Å². The van der Waals surface area contributed by atoms with Crippen molar-refractivity contribution in [1.29, 1.82) is 0 Å². The number of hydrogen-bond acceptors (Lipinski definition) is 2. The Morgan fingerprint density at radius 3 is 2.16 bits per heavy atom. The average Bonchev–Trinajstić information content (AvgIpc) is 3.21. The molecular weight excluding hydrogens is 382 g/mol. The first-order valence-electron chi connectivity index (χ1n) is 10.1. The first-order valence-corrected chi connectivity index (χ1v) is 10.1. The molecular formula is C27H21N3O. The summed E-state index contributed by atoms with van der Waals surface area (Å²) in [5.41, 5.74) is 11.9. The van der Waals surface area contributed by atoms with Gasteiger partial charge in [0.15, 0.2) is 5.84 Å². The van der Waals surface area contributed by atoms with Crippen molar-refractivity contribution in [2.45, 2.75) is 0 Å². The normalized spacial score (nSPS) is 12.5. The molecule has 5 aromatic rings. The van der Waals surface area contributed by atoms with Gasteiger partial charge in [0.1, 0.15) is 17.0 Å². The van der Waals surface area contributed by atoms with Crippen LogP contribution in [0.1, 0.15) is 11.1 Å². The van der Waals surface area contributed by atoms with Gasteiger partial charge in [-0.05, 0) is 29.3 Å². The second-order valence-electron chi connectivity index (χ2n) is 7.27. The summed E-state index contributed by atoms with van der Waals surface area (Å²) in [7, 11) is 1.74. The lowest BCUT2D eigenvalue weighted by molar-refractivity contribution is 0.669. The maximum atomic E-state index is 6.34. The lowest BCUT2D eigenvalue weighted by atomic mass is 9.98. The molecule has 1 heterocycles. The van der Waals surface area contributed by atoms with Crippen molar-refractivity contribution in [1.82, 2.24) is 0 Å². The zero-order valence-electron chi connectivity index (χ0n) is 17.1. The van der Waals surface area contributed by atoms with Crippen molar-refractivity contribution in [2.24, 2.45) is 15.7 Å². The van der Waals surface area contributed by atoms with Crippen LogP contribution in [0.3, 0.4) is 0 Å². The first kappa shape index (κ1) is 18.8. The van der Waals surface area contributed by atoms with Gasteiger partial charge in [-0.3, -0.25) is 4.99 Å². The summed E-state index contributed by atoms with van der Waals surface area (Å²) < 4.78 is 6.20. The Bertz CT molecular complexity index is 1430. The van der Waals surface area contributed by atoms with Gasteiger partial charge in [-0.1, -0.05) is 78.9 Å². The molecule has 0 spiro atoms. The molecule has 0 fully saturated rings. The molecule has 0 bridgehead atoms. The van der Waals surface area contributed by atoms with Crippen LogP contribution >= 0.6 is 0 Å². The number of amidine groups is 2. The van der Waals surface area contributed by atoms with Gasteiger partial charge in [-0.2, -0.15) is 0 Å². The fraction of sp³-hybridized carbons (Fsp3) is 0.0370. The monoisotopic (exact) mass is 403 g/mol. The molecule has 2 N–H and O–H groups in total. The molecule has 0 unspecified atom stereocenters. The Morgan fingerprint density at radius 1 is 0.742 bits per heavy atom. The van der Waals surface area contributed by atoms with Crippen molar-refractivity contribution in [2.75, 3.05) is 7.05 Å². The van der Waals surface area contributed by atoms with Crippen LogP contribution in [0, 0.1) is 0 Å².